The lowest BCUT2D eigenvalue weighted by Crippen LogP contribution is -2.11. The summed E-state index contributed by atoms with van der Waals surface area (Å²) in [5, 5.41) is 0. The Kier molecular flexibility index (Phi) is 4.62. The Labute approximate surface area is 145 Å². The summed E-state index contributed by atoms with van der Waals surface area (Å²) < 4.78 is 45.1. The number of hydrogen-bond donors (Lipinski definition) is 0. The highest BCUT2D eigenvalue weighted by Crippen LogP contribution is 2.51. The molecule has 1 aliphatic rings. The molecule has 0 bridgehead atoms. The topological polar surface area (TPSA) is 39.2 Å². The third kappa shape index (κ3) is 3.77. The molecule has 1 aliphatic carbocycles. The Morgan fingerprint density at radius 1 is 1.29 bits per heavy atom. The van der Waals surface area contributed by atoms with Crippen molar-refractivity contribution in [1.29, 1.82) is 0 Å². The molecule has 0 aliphatic heterocycles. The third-order valence-electron chi connectivity index (χ3n) is 3.90. The summed E-state index contributed by atoms with van der Waals surface area (Å²) in [5.41, 5.74) is 0.197. The smallest absolute Gasteiger partial charge is 0.416 e. The van der Waals surface area contributed by atoms with Crippen LogP contribution < -0.4 is 0 Å². The molecule has 7 heteroatoms. The van der Waals surface area contributed by atoms with Gasteiger partial charge < -0.3 is 4.74 Å². The highest BCUT2D eigenvalue weighted by atomic mass is 79.9. The van der Waals surface area contributed by atoms with E-state index in [0.29, 0.717) is 12.0 Å². The minimum atomic E-state index is -4.42. The van der Waals surface area contributed by atoms with Gasteiger partial charge in [0.15, 0.2) is 0 Å². The van der Waals surface area contributed by atoms with Crippen LogP contribution in [0.5, 0.6) is 0 Å². The lowest BCUT2D eigenvalue weighted by atomic mass is 10.0. The first-order valence-electron chi connectivity index (χ1n) is 7.28. The van der Waals surface area contributed by atoms with Gasteiger partial charge in [-0.15, -0.1) is 0 Å². The molecule has 1 fully saturated rings. The van der Waals surface area contributed by atoms with Crippen LogP contribution in [0.4, 0.5) is 13.2 Å². The number of hydrogen-bond acceptors (Lipinski definition) is 3. The first-order chi connectivity index (χ1) is 11.4. The van der Waals surface area contributed by atoms with Crippen molar-refractivity contribution < 1.29 is 22.7 Å². The van der Waals surface area contributed by atoms with Crippen LogP contribution in [0, 0.1) is 5.92 Å². The average Bonchev–Trinajstić information content (AvgIpc) is 3.32. The number of aromatic nitrogens is 1. The van der Waals surface area contributed by atoms with E-state index in [0.717, 1.165) is 10.5 Å². The zero-order chi connectivity index (χ0) is 17.3. The third-order valence-corrected chi connectivity index (χ3v) is 4.34. The fourth-order valence-corrected chi connectivity index (χ4v) is 3.09. The largest absolute Gasteiger partial charge is 0.461 e. The number of ether oxygens (including phenoxy) is 1. The molecule has 126 valence electrons. The molecule has 0 radical (unpaired) electrons. The SMILES string of the molecule is O=C(OCc1cncc(Br)c1)[C@H]1C[C@H]1c1ccccc1C(F)(F)F. The average molecular weight is 400 g/mol. The van der Waals surface area contributed by atoms with Crippen LogP contribution in [0.25, 0.3) is 0 Å². The zero-order valence-electron chi connectivity index (χ0n) is 12.4. The predicted molar refractivity (Wildman–Crippen MR) is 84.0 cm³/mol. The summed E-state index contributed by atoms with van der Waals surface area (Å²) in [6, 6.07) is 7.15. The maximum absolute atomic E-state index is 13.0. The molecule has 24 heavy (non-hydrogen) atoms. The number of rotatable bonds is 4. The minimum Gasteiger partial charge on any atom is -0.461 e. The van der Waals surface area contributed by atoms with Crippen LogP contribution in [0.1, 0.15) is 29.0 Å². The van der Waals surface area contributed by atoms with E-state index in [9.17, 15) is 18.0 Å². The van der Waals surface area contributed by atoms with Crippen molar-refractivity contribution in [3.05, 3.63) is 63.9 Å². The molecule has 0 spiro atoms. The number of pyridine rings is 1. The van der Waals surface area contributed by atoms with Gasteiger partial charge in [0.25, 0.3) is 0 Å². The van der Waals surface area contributed by atoms with Gasteiger partial charge in [0.2, 0.25) is 0 Å². The molecule has 1 aromatic carbocycles. The number of esters is 1. The summed E-state index contributed by atoms with van der Waals surface area (Å²) in [6.07, 6.45) is -0.865. The second-order valence-corrected chi connectivity index (χ2v) is 6.57. The molecule has 1 aromatic heterocycles. The summed E-state index contributed by atoms with van der Waals surface area (Å²) in [7, 11) is 0. The highest BCUT2D eigenvalue weighted by molar-refractivity contribution is 9.10. The molecule has 3 rings (SSSR count). The Morgan fingerprint density at radius 3 is 2.75 bits per heavy atom. The van der Waals surface area contributed by atoms with Gasteiger partial charge in [-0.3, -0.25) is 9.78 Å². The molecule has 3 nitrogen and oxygen atoms in total. The van der Waals surface area contributed by atoms with Gasteiger partial charge in [-0.2, -0.15) is 13.2 Å². The van der Waals surface area contributed by atoms with Crippen molar-refractivity contribution >= 4 is 21.9 Å². The molecule has 2 aromatic rings. The Hall–Kier alpha value is -1.89. The van der Waals surface area contributed by atoms with Gasteiger partial charge in [0, 0.05) is 22.4 Å². The van der Waals surface area contributed by atoms with E-state index in [4.69, 9.17) is 4.74 Å². The van der Waals surface area contributed by atoms with Crippen molar-refractivity contribution in [3.8, 4) is 0 Å². The van der Waals surface area contributed by atoms with E-state index in [1.54, 1.807) is 24.5 Å². The lowest BCUT2D eigenvalue weighted by Gasteiger charge is -2.12. The van der Waals surface area contributed by atoms with Gasteiger partial charge in [-0.25, -0.2) is 0 Å². The molecule has 1 heterocycles. The van der Waals surface area contributed by atoms with E-state index in [1.807, 2.05) is 0 Å². The van der Waals surface area contributed by atoms with Crippen LogP contribution in [0.3, 0.4) is 0 Å². The monoisotopic (exact) mass is 399 g/mol. The minimum absolute atomic E-state index is 0.0510. The van der Waals surface area contributed by atoms with Crippen LogP contribution in [-0.4, -0.2) is 11.0 Å². The lowest BCUT2D eigenvalue weighted by molar-refractivity contribution is -0.147. The molecule has 0 saturated heterocycles. The van der Waals surface area contributed by atoms with E-state index >= 15 is 0 Å². The first kappa shape index (κ1) is 17.0. The maximum Gasteiger partial charge on any atom is 0.416 e. The van der Waals surface area contributed by atoms with Gasteiger partial charge in [-0.05, 0) is 46.0 Å². The molecule has 1 saturated carbocycles. The van der Waals surface area contributed by atoms with Crippen LogP contribution in [0.2, 0.25) is 0 Å². The Morgan fingerprint density at radius 2 is 2.04 bits per heavy atom. The van der Waals surface area contributed by atoms with Gasteiger partial charge in [-0.1, -0.05) is 18.2 Å². The molecular formula is C17H13BrF3NO2. The summed E-state index contributed by atoms with van der Waals surface area (Å²) >= 11 is 3.27. The summed E-state index contributed by atoms with van der Waals surface area (Å²) in [4.78, 5) is 16.0. The standard InChI is InChI=1S/C17H13BrF3NO2/c18-11-5-10(7-22-8-11)9-24-16(23)14-6-13(14)12-3-1-2-4-15(12)17(19,20)21/h1-5,7-8,13-14H,6,9H2/t13-,14-/m0/s1. The first-order valence-corrected chi connectivity index (χ1v) is 8.08. The number of benzene rings is 1. The second-order valence-electron chi connectivity index (χ2n) is 5.65. The van der Waals surface area contributed by atoms with E-state index in [-0.39, 0.29) is 12.2 Å². The van der Waals surface area contributed by atoms with Crippen LogP contribution in [0.15, 0.2) is 47.2 Å². The summed E-state index contributed by atoms with van der Waals surface area (Å²) in [5.74, 6) is -1.43. The van der Waals surface area contributed by atoms with Gasteiger partial charge in [0.05, 0.1) is 11.5 Å². The predicted octanol–water partition coefficient (Wildman–Crippen LogP) is 4.71. The van der Waals surface area contributed by atoms with E-state index < -0.39 is 29.5 Å². The highest BCUT2D eigenvalue weighted by Gasteiger charge is 2.48. The van der Waals surface area contributed by atoms with E-state index in [1.165, 1.54) is 12.1 Å². The van der Waals surface area contributed by atoms with Crippen LogP contribution >= 0.6 is 15.9 Å². The van der Waals surface area contributed by atoms with Gasteiger partial charge in [0.1, 0.15) is 6.61 Å². The number of nitrogens with zero attached hydrogens (tertiary/aromatic N) is 1. The molecular weight excluding hydrogens is 387 g/mol. The van der Waals surface area contributed by atoms with Crippen molar-refractivity contribution in [2.24, 2.45) is 5.92 Å². The quantitative estimate of drug-likeness (QED) is 0.698. The van der Waals surface area contributed by atoms with Crippen molar-refractivity contribution in [3.63, 3.8) is 0 Å². The van der Waals surface area contributed by atoms with Crippen molar-refractivity contribution in [1.82, 2.24) is 4.98 Å². The fourth-order valence-electron chi connectivity index (χ4n) is 2.67. The fraction of sp³-hybridized carbons (Fsp3) is 0.294. The van der Waals surface area contributed by atoms with Crippen LogP contribution in [-0.2, 0) is 22.3 Å². The number of alkyl halides is 3. The number of carbonyl (C=O) groups is 1. The van der Waals surface area contributed by atoms with Crippen molar-refractivity contribution in [2.75, 3.05) is 0 Å². The molecule has 0 amide bonds. The molecule has 2 atom stereocenters. The molecule has 0 N–H and O–H groups in total. The van der Waals surface area contributed by atoms with E-state index in [2.05, 4.69) is 20.9 Å². The Balaban J connectivity index is 1.64. The zero-order valence-corrected chi connectivity index (χ0v) is 14.0. The number of halogens is 4. The normalized spacial score (nSPS) is 19.8. The Bertz CT molecular complexity index is 763. The van der Waals surface area contributed by atoms with Gasteiger partial charge >= 0.3 is 12.1 Å². The molecule has 0 unspecified atom stereocenters. The maximum atomic E-state index is 13.0. The van der Waals surface area contributed by atoms with Crippen molar-refractivity contribution in [2.45, 2.75) is 25.1 Å². The summed E-state index contributed by atoms with van der Waals surface area (Å²) in [6.45, 7) is 0.0510. The number of carbonyl (C=O) groups excluding carboxylic acids is 1. The second kappa shape index (κ2) is 6.55.